The lowest BCUT2D eigenvalue weighted by atomic mass is 10.1. The molecule has 1 saturated heterocycles. The number of anilines is 1. The van der Waals surface area contributed by atoms with E-state index >= 15 is 0 Å². The molecule has 1 fully saturated rings. The van der Waals surface area contributed by atoms with E-state index in [9.17, 15) is 10.1 Å². The Morgan fingerprint density at radius 3 is 2.82 bits per heavy atom. The number of aromatic nitrogens is 2. The Bertz CT molecular complexity index is 870. The lowest BCUT2D eigenvalue weighted by molar-refractivity contribution is -0.384. The van der Waals surface area contributed by atoms with E-state index in [-0.39, 0.29) is 10.6 Å². The van der Waals surface area contributed by atoms with Gasteiger partial charge in [-0.3, -0.25) is 10.1 Å². The minimum absolute atomic E-state index is 0.00430. The highest BCUT2D eigenvalue weighted by molar-refractivity contribution is 9.13. The number of aryl methyl sites for hydroxylation is 1. The number of halogens is 2. The molecule has 2 aromatic rings. The van der Waals surface area contributed by atoms with Crippen molar-refractivity contribution in [3.63, 3.8) is 0 Å². The molecule has 2 heterocycles. The minimum Gasteiger partial charge on any atom is -0.355 e. The highest BCUT2D eigenvalue weighted by Gasteiger charge is 2.26. The smallest absolute Gasteiger partial charge is 0.312 e. The van der Waals surface area contributed by atoms with Crippen LogP contribution in [0.1, 0.15) is 13.3 Å². The number of benzene rings is 1. The number of hydrogen-bond donors (Lipinski definition) is 1. The third-order valence-corrected chi connectivity index (χ3v) is 7.15. The summed E-state index contributed by atoms with van der Waals surface area (Å²) in [6.07, 6.45) is 1.16. The van der Waals surface area contributed by atoms with Crippen molar-refractivity contribution in [2.75, 3.05) is 52.1 Å². The van der Waals surface area contributed by atoms with Crippen LogP contribution < -0.4 is 5.32 Å². The first-order valence-electron chi connectivity index (χ1n) is 9.45. The number of rotatable bonds is 8. The predicted molar refractivity (Wildman–Crippen MR) is 119 cm³/mol. The van der Waals surface area contributed by atoms with Crippen LogP contribution in [0.3, 0.4) is 0 Å². The molecule has 1 aromatic carbocycles. The van der Waals surface area contributed by atoms with Crippen molar-refractivity contribution in [2.45, 2.75) is 19.9 Å². The molecule has 0 saturated carbocycles. The lowest BCUT2D eigenvalue weighted by Gasteiger charge is -2.19. The monoisotopic (exact) mass is 516 g/mol. The number of hydrogen-bond acceptors (Lipinski definition) is 6. The maximum atomic E-state index is 11.6. The fourth-order valence-electron chi connectivity index (χ4n) is 3.67. The molecule has 0 aliphatic carbocycles. The van der Waals surface area contributed by atoms with Gasteiger partial charge in [-0.15, -0.1) is 0 Å². The fourth-order valence-corrected chi connectivity index (χ4v) is 4.52. The number of nitrogens with one attached hydrogen (secondary N) is 1. The molecule has 28 heavy (non-hydrogen) atoms. The van der Waals surface area contributed by atoms with Crippen molar-refractivity contribution in [1.29, 1.82) is 0 Å². The van der Waals surface area contributed by atoms with E-state index < -0.39 is 0 Å². The number of likely N-dealkylation sites (N-methyl/N-ethyl adjacent to an activating group) is 1. The first-order valence-corrected chi connectivity index (χ1v) is 11.0. The summed E-state index contributed by atoms with van der Waals surface area (Å²) in [5.41, 5.74) is 1.16. The molecule has 1 aliphatic rings. The van der Waals surface area contributed by atoms with Gasteiger partial charge < -0.3 is 19.7 Å². The number of nitro benzene ring substituents is 1. The largest absolute Gasteiger partial charge is 0.355 e. The van der Waals surface area contributed by atoms with E-state index in [2.05, 4.69) is 66.1 Å². The molecule has 0 amide bonds. The summed E-state index contributed by atoms with van der Waals surface area (Å²) in [7, 11) is 4.19. The highest BCUT2D eigenvalue weighted by atomic mass is 79.9. The van der Waals surface area contributed by atoms with Crippen LogP contribution in [0.15, 0.2) is 15.0 Å². The SMILES string of the molecule is CCn1c(NCC2CCN(CCN(C)C)C2)nc2c([N+](=O)[O-])c(Br)c(Br)cc21. The van der Waals surface area contributed by atoms with E-state index in [4.69, 9.17) is 0 Å². The standard InChI is InChI=1S/C18H26Br2N6O2/c1-4-25-14-9-13(19)15(20)17(26(27)28)16(14)22-18(25)21-10-12-5-6-24(11-12)8-7-23(2)3/h9,12H,4-8,10-11H2,1-3H3,(H,21,22). The second-order valence-corrected chi connectivity index (χ2v) is 9.11. The summed E-state index contributed by atoms with van der Waals surface area (Å²) in [4.78, 5) is 20.5. The third-order valence-electron chi connectivity index (χ3n) is 5.19. The summed E-state index contributed by atoms with van der Waals surface area (Å²) >= 11 is 6.73. The van der Waals surface area contributed by atoms with Crippen molar-refractivity contribution in [3.8, 4) is 0 Å². The molecule has 154 valence electrons. The second kappa shape index (κ2) is 9.06. The number of nitro groups is 1. The van der Waals surface area contributed by atoms with Crippen molar-refractivity contribution in [1.82, 2.24) is 19.4 Å². The Morgan fingerprint density at radius 2 is 2.18 bits per heavy atom. The van der Waals surface area contributed by atoms with Crippen LogP contribution in [0, 0.1) is 16.0 Å². The Morgan fingerprint density at radius 1 is 1.43 bits per heavy atom. The van der Waals surface area contributed by atoms with Crippen molar-refractivity contribution < 1.29 is 4.92 Å². The molecule has 0 spiro atoms. The predicted octanol–water partition coefficient (Wildman–Crippen LogP) is 3.78. The average molecular weight is 518 g/mol. The van der Waals surface area contributed by atoms with Gasteiger partial charge in [0.25, 0.3) is 0 Å². The van der Waals surface area contributed by atoms with Crippen LogP contribution in [-0.4, -0.2) is 71.1 Å². The van der Waals surface area contributed by atoms with Gasteiger partial charge in [-0.05, 0) is 77.8 Å². The van der Waals surface area contributed by atoms with Crippen LogP contribution >= 0.6 is 31.9 Å². The van der Waals surface area contributed by atoms with Gasteiger partial charge in [0, 0.05) is 37.2 Å². The van der Waals surface area contributed by atoms with Gasteiger partial charge >= 0.3 is 5.69 Å². The van der Waals surface area contributed by atoms with Crippen LogP contribution in [0.5, 0.6) is 0 Å². The molecule has 0 bridgehead atoms. The zero-order valence-electron chi connectivity index (χ0n) is 16.4. The van der Waals surface area contributed by atoms with Crippen LogP contribution in [0.4, 0.5) is 11.6 Å². The molecule has 1 N–H and O–H groups in total. The summed E-state index contributed by atoms with van der Waals surface area (Å²) in [5.74, 6) is 1.25. The van der Waals surface area contributed by atoms with E-state index in [1.807, 2.05) is 17.6 Å². The van der Waals surface area contributed by atoms with E-state index in [0.717, 1.165) is 44.7 Å². The molecule has 1 atom stereocenters. The van der Waals surface area contributed by atoms with Gasteiger partial charge in [0.05, 0.1) is 10.4 Å². The average Bonchev–Trinajstić information content (AvgIpc) is 3.22. The molecule has 1 unspecified atom stereocenters. The molecule has 3 rings (SSSR count). The Labute approximate surface area is 181 Å². The first-order chi connectivity index (χ1) is 13.3. The summed E-state index contributed by atoms with van der Waals surface area (Å²) in [6.45, 7) is 7.87. The normalized spacial score (nSPS) is 17.7. The topological polar surface area (TPSA) is 79.5 Å². The summed E-state index contributed by atoms with van der Waals surface area (Å²) < 4.78 is 3.07. The van der Waals surface area contributed by atoms with E-state index in [0.29, 0.717) is 32.9 Å². The third kappa shape index (κ3) is 4.50. The Hall–Kier alpha value is -1.23. The second-order valence-electron chi connectivity index (χ2n) is 7.46. The van der Waals surface area contributed by atoms with Crippen molar-refractivity contribution >= 4 is 54.5 Å². The molecular weight excluding hydrogens is 492 g/mol. The molecule has 0 radical (unpaired) electrons. The fraction of sp³-hybridized carbons (Fsp3) is 0.611. The molecule has 8 nitrogen and oxygen atoms in total. The lowest BCUT2D eigenvalue weighted by Crippen LogP contribution is -2.30. The van der Waals surface area contributed by atoms with Crippen molar-refractivity contribution in [2.24, 2.45) is 5.92 Å². The van der Waals surface area contributed by atoms with Crippen LogP contribution in [0.25, 0.3) is 11.0 Å². The van der Waals surface area contributed by atoms with Gasteiger partial charge in [0.2, 0.25) is 5.95 Å². The van der Waals surface area contributed by atoms with E-state index in [1.165, 1.54) is 0 Å². The van der Waals surface area contributed by atoms with Gasteiger partial charge in [-0.25, -0.2) is 4.98 Å². The number of fused-ring (bicyclic) bond motifs is 1. The van der Waals surface area contributed by atoms with Crippen molar-refractivity contribution in [3.05, 3.63) is 25.1 Å². The van der Waals surface area contributed by atoms with E-state index in [1.54, 1.807) is 0 Å². The molecule has 1 aliphatic heterocycles. The first kappa shape index (κ1) is 21.5. The summed E-state index contributed by atoms with van der Waals surface area (Å²) in [5, 5.41) is 15.0. The van der Waals surface area contributed by atoms with Gasteiger partial charge in [0.1, 0.15) is 4.47 Å². The quantitative estimate of drug-likeness (QED) is 0.424. The molecule has 1 aromatic heterocycles. The van der Waals surface area contributed by atoms with Crippen LogP contribution in [0.2, 0.25) is 0 Å². The van der Waals surface area contributed by atoms with Gasteiger partial charge in [0.15, 0.2) is 5.52 Å². The zero-order valence-corrected chi connectivity index (χ0v) is 19.6. The Kier molecular flexibility index (Phi) is 6.95. The van der Waals surface area contributed by atoms with Crippen LogP contribution in [-0.2, 0) is 6.54 Å². The molecular formula is C18H26Br2N6O2. The Balaban J connectivity index is 1.77. The minimum atomic E-state index is -0.381. The zero-order chi connectivity index (χ0) is 20.4. The number of nitrogens with zero attached hydrogens (tertiary/aromatic N) is 5. The maximum absolute atomic E-state index is 11.6. The molecule has 10 heteroatoms. The number of imidazole rings is 1. The highest BCUT2D eigenvalue weighted by Crippen LogP contribution is 2.40. The maximum Gasteiger partial charge on any atom is 0.312 e. The number of likely N-dealkylation sites (tertiary alicyclic amines) is 1. The van der Waals surface area contributed by atoms with Gasteiger partial charge in [-0.2, -0.15) is 0 Å². The van der Waals surface area contributed by atoms with Gasteiger partial charge in [-0.1, -0.05) is 0 Å². The summed E-state index contributed by atoms with van der Waals surface area (Å²) in [6, 6.07) is 1.88.